The third-order valence-electron chi connectivity index (χ3n) is 1.37. The Morgan fingerprint density at radius 3 is 0.625 bits per heavy atom. The van der Waals surface area contributed by atoms with Gasteiger partial charge in [-0.2, -0.15) is 37.2 Å². The van der Waals surface area contributed by atoms with Gasteiger partial charge in [-0.25, -0.2) is 0 Å². The van der Waals surface area contributed by atoms with Gasteiger partial charge in [0.15, 0.2) is 0 Å². The van der Waals surface area contributed by atoms with Gasteiger partial charge in [0.05, 0.1) is 0 Å². The van der Waals surface area contributed by atoms with Gasteiger partial charge in [-0.05, 0) is 0 Å². The van der Waals surface area contributed by atoms with Crippen molar-refractivity contribution in [2.45, 2.75) is 0 Å². The van der Waals surface area contributed by atoms with Gasteiger partial charge < -0.3 is 15.0 Å². The molecule has 0 spiro atoms. The van der Waals surface area contributed by atoms with Gasteiger partial charge in [-0.1, -0.05) is 36.4 Å². The molecule has 0 saturated carbocycles. The minimum Gasteiger partial charge on any atom is -0.670 e. The van der Waals surface area contributed by atoms with Crippen molar-refractivity contribution in [1.29, 1.82) is 0 Å². The Hall–Kier alpha value is -0.783. The summed E-state index contributed by atoms with van der Waals surface area (Å²) in [4.78, 5) is 11.2. The van der Waals surface area contributed by atoms with Crippen molar-refractivity contribution in [3.63, 3.8) is 0 Å². The fourth-order valence-electron chi connectivity index (χ4n) is 0.745. The molecule has 3 aromatic rings. The van der Waals surface area contributed by atoms with Crippen LogP contribution in [-0.2, 0) is 0 Å². The Balaban J connectivity index is 0.000000205. The number of rotatable bonds is 0. The van der Waals surface area contributed by atoms with Crippen LogP contribution in [0.2, 0.25) is 0 Å². The molecule has 0 aliphatic heterocycles. The van der Waals surface area contributed by atoms with Crippen molar-refractivity contribution in [2.24, 2.45) is 0 Å². The summed E-state index contributed by atoms with van der Waals surface area (Å²) in [5.41, 5.74) is 0. The van der Waals surface area contributed by atoms with Crippen LogP contribution in [0.25, 0.3) is 0 Å². The number of nitrogens with zero attached hydrogens (tertiary/aromatic N) is 3. The molecule has 0 aliphatic rings. The molecular weight excluding hydrogens is 326 g/mol. The van der Waals surface area contributed by atoms with Crippen molar-refractivity contribution in [3.05, 3.63) is 73.6 Å². The second-order valence-electron chi connectivity index (χ2n) is 2.50. The molecule has 0 atom stereocenters. The Morgan fingerprint density at radius 2 is 0.562 bits per heavy atom. The third kappa shape index (κ3) is 9.76. The molecule has 0 N–H and O–H groups in total. The van der Waals surface area contributed by atoms with Crippen molar-refractivity contribution in [2.75, 3.05) is 0 Å². The molecule has 0 aromatic carbocycles. The molecule has 3 nitrogen and oxygen atoms in total. The molecule has 0 fully saturated rings. The van der Waals surface area contributed by atoms with E-state index in [2.05, 4.69) is 15.0 Å². The van der Waals surface area contributed by atoms with Gasteiger partial charge in [-0.15, -0.1) is 0 Å². The molecule has 4 heteroatoms. The Labute approximate surface area is 129 Å². The number of aromatic nitrogens is 3. The summed E-state index contributed by atoms with van der Waals surface area (Å²) in [5, 5.41) is 0. The smallest absolute Gasteiger partial charge is 0.670 e. The zero-order valence-corrected chi connectivity index (χ0v) is 11.9. The third-order valence-corrected chi connectivity index (χ3v) is 1.37. The van der Waals surface area contributed by atoms with Gasteiger partial charge >= 0.3 is 41.7 Å². The molecule has 1 radical (unpaired) electrons. The van der Waals surface area contributed by atoms with Crippen LogP contribution in [-0.4, -0.2) is 0 Å². The predicted molar refractivity (Wildman–Crippen MR) is 59.3 cm³/mol. The Bertz CT molecular complexity index is 248. The minimum absolute atomic E-state index is 0. The molecule has 0 bridgehead atoms. The standard InChI is InChI=1S/3C4H4N.Ce/c3*1-2-4-5-3-1;/h3*1-4H;/q3*-1;+3. The summed E-state index contributed by atoms with van der Waals surface area (Å²) in [5.74, 6) is 0. The van der Waals surface area contributed by atoms with Crippen molar-refractivity contribution in [3.8, 4) is 0 Å². The van der Waals surface area contributed by atoms with Crippen LogP contribution in [0.5, 0.6) is 0 Å². The molecule has 16 heavy (non-hydrogen) atoms. The van der Waals surface area contributed by atoms with Crippen LogP contribution in [0.4, 0.5) is 0 Å². The molecule has 0 saturated heterocycles. The maximum Gasteiger partial charge on any atom is 3.00 e. The summed E-state index contributed by atoms with van der Waals surface area (Å²) < 4.78 is 0. The summed E-state index contributed by atoms with van der Waals surface area (Å²) in [6, 6.07) is 11.3. The second-order valence-corrected chi connectivity index (χ2v) is 2.50. The molecule has 0 amide bonds. The van der Waals surface area contributed by atoms with Gasteiger partial charge in [0.25, 0.3) is 0 Å². The first kappa shape index (κ1) is 15.2. The first-order chi connectivity index (χ1) is 7.50. The zero-order chi connectivity index (χ0) is 10.6. The maximum absolute atomic E-state index is 3.72. The minimum atomic E-state index is 0. The van der Waals surface area contributed by atoms with Crippen LogP contribution in [0.15, 0.2) is 73.6 Å². The molecule has 3 heterocycles. The second kappa shape index (κ2) is 12.3. The van der Waals surface area contributed by atoms with Crippen LogP contribution in [0, 0.1) is 41.7 Å². The molecular formula is C12H12CeN3. The van der Waals surface area contributed by atoms with E-state index in [9.17, 15) is 0 Å². The largest absolute Gasteiger partial charge is 3.00 e. The molecule has 0 unspecified atom stereocenters. The Morgan fingerprint density at radius 1 is 0.375 bits per heavy atom. The van der Waals surface area contributed by atoms with E-state index >= 15 is 0 Å². The summed E-state index contributed by atoms with van der Waals surface area (Å²) >= 11 is 0. The van der Waals surface area contributed by atoms with Gasteiger partial charge in [-0.3, -0.25) is 0 Å². The van der Waals surface area contributed by atoms with Gasteiger partial charge in [0.1, 0.15) is 0 Å². The molecule has 3 aromatic heterocycles. The van der Waals surface area contributed by atoms with E-state index in [1.807, 2.05) is 36.4 Å². The first-order valence-corrected chi connectivity index (χ1v) is 4.55. The van der Waals surface area contributed by atoms with Crippen LogP contribution in [0.3, 0.4) is 0 Å². The van der Waals surface area contributed by atoms with Gasteiger partial charge in [0.2, 0.25) is 0 Å². The zero-order valence-electron chi connectivity index (χ0n) is 8.77. The van der Waals surface area contributed by atoms with E-state index < -0.39 is 0 Å². The molecule has 3 rings (SSSR count). The quantitative estimate of drug-likeness (QED) is 0.629. The van der Waals surface area contributed by atoms with E-state index in [1.165, 1.54) is 0 Å². The average molecular weight is 338 g/mol. The predicted octanol–water partition coefficient (Wildman–Crippen LogP) is 1.93. The summed E-state index contributed by atoms with van der Waals surface area (Å²) in [6.45, 7) is 0. The van der Waals surface area contributed by atoms with Crippen LogP contribution in [0.1, 0.15) is 0 Å². The van der Waals surface area contributed by atoms with E-state index in [1.54, 1.807) is 37.2 Å². The van der Waals surface area contributed by atoms with Crippen LogP contribution >= 0.6 is 0 Å². The molecule has 79 valence electrons. The topological polar surface area (TPSA) is 42.3 Å². The van der Waals surface area contributed by atoms with E-state index in [4.69, 9.17) is 0 Å². The van der Waals surface area contributed by atoms with Crippen molar-refractivity contribution >= 4 is 0 Å². The van der Waals surface area contributed by atoms with Crippen molar-refractivity contribution in [1.82, 2.24) is 15.0 Å². The summed E-state index contributed by atoms with van der Waals surface area (Å²) in [6.07, 6.45) is 10.5. The van der Waals surface area contributed by atoms with E-state index in [0.717, 1.165) is 0 Å². The first-order valence-electron chi connectivity index (χ1n) is 4.55. The van der Waals surface area contributed by atoms with E-state index in [-0.39, 0.29) is 41.7 Å². The fraction of sp³-hybridized carbons (Fsp3) is 0. The average Bonchev–Trinajstić information content (AvgIpc) is 3.09. The fourth-order valence-corrected chi connectivity index (χ4v) is 0.745. The van der Waals surface area contributed by atoms with Crippen molar-refractivity contribution < 1.29 is 41.7 Å². The normalized spacial score (nSPS) is 7.50. The summed E-state index contributed by atoms with van der Waals surface area (Å²) in [7, 11) is 0. The number of hydrogen-bond donors (Lipinski definition) is 0. The SMILES string of the molecule is [Ce+3].c1cc[n-]c1.c1cc[n-]c1.c1cc[n-]c1. The van der Waals surface area contributed by atoms with E-state index in [0.29, 0.717) is 0 Å². The monoisotopic (exact) mass is 338 g/mol. The van der Waals surface area contributed by atoms with Crippen LogP contribution < -0.4 is 15.0 Å². The number of hydrogen-bond acceptors (Lipinski definition) is 0. The van der Waals surface area contributed by atoms with Gasteiger partial charge in [0, 0.05) is 0 Å². The maximum atomic E-state index is 3.72. The molecule has 0 aliphatic carbocycles. The Kier molecular flexibility index (Phi) is 11.7.